The first-order valence-corrected chi connectivity index (χ1v) is 11.1. The van der Waals surface area contributed by atoms with Gasteiger partial charge in [-0.05, 0) is 69.8 Å². The van der Waals surface area contributed by atoms with E-state index in [0.717, 1.165) is 37.7 Å². The molecule has 168 valence electrons. The van der Waals surface area contributed by atoms with Gasteiger partial charge in [-0.2, -0.15) is 0 Å². The van der Waals surface area contributed by atoms with Crippen LogP contribution in [0.25, 0.3) is 0 Å². The molecule has 3 N–H and O–H groups in total. The van der Waals surface area contributed by atoms with Crippen LogP contribution in [0.15, 0.2) is 24.3 Å². The SMILES string of the molecule is CNCC(C)(CNC)C(=O)OCC1CCC(CCC(=O)Cc2ccc(O)cc2)CC1. The van der Waals surface area contributed by atoms with Crippen LogP contribution in [-0.4, -0.2) is 50.7 Å². The number of carbonyl (C=O) groups is 2. The Bertz CT molecular complexity index is 660. The topological polar surface area (TPSA) is 87.7 Å². The first-order valence-electron chi connectivity index (χ1n) is 11.1. The maximum Gasteiger partial charge on any atom is 0.314 e. The minimum Gasteiger partial charge on any atom is -0.508 e. The second-order valence-electron chi connectivity index (χ2n) is 9.03. The minimum atomic E-state index is -0.557. The third-order valence-electron chi connectivity index (χ3n) is 6.21. The van der Waals surface area contributed by atoms with Gasteiger partial charge in [0.05, 0.1) is 12.0 Å². The summed E-state index contributed by atoms with van der Waals surface area (Å²) in [4.78, 5) is 24.8. The number of rotatable bonds is 12. The molecule has 0 aromatic heterocycles. The zero-order valence-corrected chi connectivity index (χ0v) is 18.7. The van der Waals surface area contributed by atoms with E-state index in [1.807, 2.05) is 21.0 Å². The summed E-state index contributed by atoms with van der Waals surface area (Å²) in [7, 11) is 3.69. The Balaban J connectivity index is 1.66. The largest absolute Gasteiger partial charge is 0.508 e. The second kappa shape index (κ2) is 12.1. The van der Waals surface area contributed by atoms with E-state index in [4.69, 9.17) is 4.74 Å². The van der Waals surface area contributed by atoms with Crippen molar-refractivity contribution in [3.63, 3.8) is 0 Å². The Hall–Kier alpha value is -1.92. The number of benzene rings is 1. The molecule has 1 aliphatic rings. The van der Waals surface area contributed by atoms with Crippen LogP contribution in [0.5, 0.6) is 5.75 Å². The van der Waals surface area contributed by atoms with Crippen LogP contribution in [0.1, 0.15) is 51.0 Å². The Morgan fingerprint density at radius 2 is 1.60 bits per heavy atom. The van der Waals surface area contributed by atoms with Gasteiger partial charge >= 0.3 is 5.97 Å². The van der Waals surface area contributed by atoms with E-state index in [-0.39, 0.29) is 17.5 Å². The van der Waals surface area contributed by atoms with Crippen molar-refractivity contribution in [1.29, 1.82) is 0 Å². The molecule has 0 atom stereocenters. The highest BCUT2D eigenvalue weighted by Gasteiger charge is 2.34. The lowest BCUT2D eigenvalue weighted by atomic mass is 9.80. The molecule has 1 saturated carbocycles. The fourth-order valence-electron chi connectivity index (χ4n) is 4.34. The number of aromatic hydroxyl groups is 1. The van der Waals surface area contributed by atoms with Gasteiger partial charge in [-0.3, -0.25) is 9.59 Å². The van der Waals surface area contributed by atoms with Crippen molar-refractivity contribution in [2.75, 3.05) is 33.8 Å². The lowest BCUT2D eigenvalue weighted by Crippen LogP contribution is -2.45. The third kappa shape index (κ3) is 7.73. The summed E-state index contributed by atoms with van der Waals surface area (Å²) < 4.78 is 5.67. The van der Waals surface area contributed by atoms with Gasteiger partial charge in [0.2, 0.25) is 0 Å². The van der Waals surface area contributed by atoms with Gasteiger partial charge in [-0.15, -0.1) is 0 Å². The molecular weight excluding hydrogens is 380 g/mol. The number of hydrogen-bond donors (Lipinski definition) is 3. The van der Waals surface area contributed by atoms with Gasteiger partial charge in [0.25, 0.3) is 0 Å². The number of ketones is 1. The maximum atomic E-state index is 12.5. The van der Waals surface area contributed by atoms with E-state index in [0.29, 0.717) is 44.4 Å². The van der Waals surface area contributed by atoms with Crippen molar-refractivity contribution in [1.82, 2.24) is 10.6 Å². The molecule has 0 bridgehead atoms. The molecule has 6 heteroatoms. The normalized spacial score (nSPS) is 19.4. The molecule has 0 aliphatic heterocycles. The van der Waals surface area contributed by atoms with Crippen LogP contribution in [0.3, 0.4) is 0 Å². The lowest BCUT2D eigenvalue weighted by Gasteiger charge is -2.31. The number of carbonyl (C=O) groups excluding carboxylic acids is 2. The van der Waals surface area contributed by atoms with Gasteiger partial charge in [-0.1, -0.05) is 25.0 Å². The van der Waals surface area contributed by atoms with Gasteiger partial charge in [0, 0.05) is 25.9 Å². The molecule has 0 unspecified atom stereocenters. The number of Topliss-reactive ketones (excluding diaryl/α,β-unsaturated/α-hetero) is 1. The fraction of sp³-hybridized carbons (Fsp3) is 0.667. The van der Waals surface area contributed by atoms with Crippen molar-refractivity contribution >= 4 is 11.8 Å². The number of ether oxygens (including phenoxy) is 1. The van der Waals surface area contributed by atoms with Crippen molar-refractivity contribution < 1.29 is 19.4 Å². The predicted octanol–water partition coefficient (Wildman–Crippen LogP) is 3.08. The van der Waals surface area contributed by atoms with E-state index in [1.165, 1.54) is 0 Å². The number of phenols is 1. The average molecular weight is 419 g/mol. The molecule has 0 saturated heterocycles. The van der Waals surface area contributed by atoms with Gasteiger partial charge in [-0.25, -0.2) is 0 Å². The molecule has 6 nitrogen and oxygen atoms in total. The van der Waals surface area contributed by atoms with Gasteiger partial charge in [0.15, 0.2) is 0 Å². The van der Waals surface area contributed by atoms with Gasteiger partial charge in [0.1, 0.15) is 11.5 Å². The summed E-state index contributed by atoms with van der Waals surface area (Å²) in [5.41, 5.74) is 0.394. The van der Waals surface area contributed by atoms with E-state index in [2.05, 4.69) is 10.6 Å². The fourth-order valence-corrected chi connectivity index (χ4v) is 4.34. The Kier molecular flexibility index (Phi) is 9.79. The molecule has 0 spiro atoms. The molecular formula is C24H38N2O4. The van der Waals surface area contributed by atoms with Crippen LogP contribution < -0.4 is 10.6 Å². The quantitative estimate of drug-likeness (QED) is 0.452. The zero-order valence-electron chi connectivity index (χ0n) is 18.7. The second-order valence-corrected chi connectivity index (χ2v) is 9.03. The smallest absolute Gasteiger partial charge is 0.314 e. The highest BCUT2D eigenvalue weighted by atomic mass is 16.5. The summed E-state index contributed by atoms with van der Waals surface area (Å²) >= 11 is 0. The van der Waals surface area contributed by atoms with Crippen molar-refractivity contribution in [2.45, 2.75) is 51.9 Å². The maximum absolute atomic E-state index is 12.5. The number of nitrogens with one attached hydrogen (secondary N) is 2. The molecule has 1 fully saturated rings. The average Bonchev–Trinajstić information content (AvgIpc) is 2.73. The number of phenolic OH excluding ortho intramolecular Hbond substituents is 1. The molecule has 0 amide bonds. The minimum absolute atomic E-state index is 0.145. The van der Waals surface area contributed by atoms with Crippen molar-refractivity contribution in [3.8, 4) is 5.75 Å². The predicted molar refractivity (Wildman–Crippen MR) is 118 cm³/mol. The molecule has 2 rings (SSSR count). The van der Waals surface area contributed by atoms with E-state index in [9.17, 15) is 14.7 Å². The first kappa shape index (κ1) is 24.4. The van der Waals surface area contributed by atoms with Crippen LogP contribution in [0, 0.1) is 17.3 Å². The van der Waals surface area contributed by atoms with E-state index >= 15 is 0 Å². The van der Waals surface area contributed by atoms with Crippen LogP contribution >= 0.6 is 0 Å². The van der Waals surface area contributed by atoms with Crippen molar-refractivity contribution in [2.24, 2.45) is 17.3 Å². The number of hydrogen-bond acceptors (Lipinski definition) is 6. The molecule has 1 aromatic carbocycles. The summed E-state index contributed by atoms with van der Waals surface area (Å²) in [6.45, 7) is 3.58. The first-order chi connectivity index (χ1) is 14.4. The summed E-state index contributed by atoms with van der Waals surface area (Å²) in [5.74, 6) is 1.34. The summed E-state index contributed by atoms with van der Waals surface area (Å²) in [6, 6.07) is 6.85. The van der Waals surface area contributed by atoms with E-state index < -0.39 is 5.41 Å². The monoisotopic (exact) mass is 418 g/mol. The van der Waals surface area contributed by atoms with Crippen LogP contribution in [0.4, 0.5) is 0 Å². The van der Waals surface area contributed by atoms with E-state index in [1.54, 1.807) is 24.3 Å². The standard InChI is InChI=1S/C24H38N2O4/c1-24(16-25-2,17-26-3)23(29)30-15-20-6-4-18(5-7-20)8-13-22(28)14-19-9-11-21(27)12-10-19/h9-12,18,20,25-27H,4-8,13-17H2,1-3H3. The zero-order chi connectivity index (χ0) is 22.0. The molecule has 1 aromatic rings. The molecule has 30 heavy (non-hydrogen) atoms. The van der Waals surface area contributed by atoms with Crippen LogP contribution in [-0.2, 0) is 20.7 Å². The molecule has 0 radical (unpaired) electrons. The Morgan fingerprint density at radius 1 is 1.03 bits per heavy atom. The number of esters is 1. The third-order valence-corrected chi connectivity index (χ3v) is 6.21. The highest BCUT2D eigenvalue weighted by Crippen LogP contribution is 2.32. The Labute approximate surface area is 180 Å². The lowest BCUT2D eigenvalue weighted by molar-refractivity contribution is -0.156. The summed E-state index contributed by atoms with van der Waals surface area (Å²) in [5, 5.41) is 15.5. The molecule has 0 heterocycles. The highest BCUT2D eigenvalue weighted by molar-refractivity contribution is 5.80. The van der Waals surface area contributed by atoms with Crippen molar-refractivity contribution in [3.05, 3.63) is 29.8 Å². The Morgan fingerprint density at radius 3 is 2.17 bits per heavy atom. The van der Waals surface area contributed by atoms with Crippen LogP contribution in [0.2, 0.25) is 0 Å². The van der Waals surface area contributed by atoms with Gasteiger partial charge < -0.3 is 20.5 Å². The summed E-state index contributed by atoms with van der Waals surface area (Å²) in [6.07, 6.45) is 6.28. The molecule has 1 aliphatic carbocycles.